The summed E-state index contributed by atoms with van der Waals surface area (Å²) in [7, 11) is -3.91. The molecular weight excluding hydrogens is 499 g/mol. The third-order valence-corrected chi connectivity index (χ3v) is 8.26. The molecule has 0 bridgehead atoms. The minimum absolute atomic E-state index is 0.00408. The Bertz CT molecular complexity index is 1540. The average Bonchev–Trinajstić information content (AvgIpc) is 2.88. The van der Waals surface area contributed by atoms with Crippen molar-refractivity contribution >= 4 is 39.1 Å². The Hall–Kier alpha value is -3.76. The van der Waals surface area contributed by atoms with E-state index in [9.17, 15) is 17.6 Å². The van der Waals surface area contributed by atoms with Crippen LogP contribution in [0.3, 0.4) is 0 Å². The van der Waals surface area contributed by atoms with E-state index in [1.807, 2.05) is 43.3 Å². The van der Waals surface area contributed by atoms with Gasteiger partial charge in [0.1, 0.15) is 10.7 Å². The normalized spacial score (nSPS) is 13.6. The predicted octanol–water partition coefficient (Wildman–Crippen LogP) is 5.03. The fourth-order valence-corrected chi connectivity index (χ4v) is 6.01. The number of nitrogens with one attached hydrogen (secondary N) is 1. The van der Waals surface area contributed by atoms with Crippen molar-refractivity contribution in [2.24, 2.45) is 0 Å². The van der Waals surface area contributed by atoms with Crippen LogP contribution in [0.2, 0.25) is 0 Å². The summed E-state index contributed by atoms with van der Waals surface area (Å²) in [6, 6.07) is 20.4. The summed E-state index contributed by atoms with van der Waals surface area (Å²) in [6.07, 6.45) is 1.30. The summed E-state index contributed by atoms with van der Waals surface area (Å²) in [5.74, 6) is -0.702. The molecule has 5 rings (SSSR count). The van der Waals surface area contributed by atoms with E-state index in [-0.39, 0.29) is 28.3 Å². The summed E-state index contributed by atoms with van der Waals surface area (Å²) in [5.41, 5.74) is 3.95. The molecule has 0 saturated carbocycles. The van der Waals surface area contributed by atoms with Gasteiger partial charge in [-0.3, -0.25) is 9.10 Å². The van der Waals surface area contributed by atoms with Gasteiger partial charge in [-0.05, 0) is 42.8 Å². The molecule has 0 unspecified atom stereocenters. The first-order chi connectivity index (χ1) is 17.3. The molecule has 0 saturated heterocycles. The second-order valence-electron chi connectivity index (χ2n) is 8.22. The van der Waals surface area contributed by atoms with E-state index in [0.29, 0.717) is 22.6 Å². The van der Waals surface area contributed by atoms with Gasteiger partial charge in [0.25, 0.3) is 10.0 Å². The summed E-state index contributed by atoms with van der Waals surface area (Å²) in [6.45, 7) is 2.16. The van der Waals surface area contributed by atoms with Crippen molar-refractivity contribution in [3.05, 3.63) is 95.9 Å². The molecule has 0 aliphatic carbocycles. The second kappa shape index (κ2) is 9.71. The first kappa shape index (κ1) is 24.0. The maximum atomic E-state index is 13.6. The lowest BCUT2D eigenvalue weighted by molar-refractivity contribution is -0.113. The Balaban J connectivity index is 1.40. The Morgan fingerprint density at radius 3 is 2.50 bits per heavy atom. The van der Waals surface area contributed by atoms with E-state index in [1.54, 1.807) is 12.1 Å². The quantitative estimate of drug-likeness (QED) is 0.283. The molecule has 1 N–H and O–H groups in total. The van der Waals surface area contributed by atoms with Crippen LogP contribution in [0.1, 0.15) is 11.1 Å². The largest absolute Gasteiger partial charge is 0.325 e. The number of carbonyl (C=O) groups is 1. The first-order valence-corrected chi connectivity index (χ1v) is 13.5. The number of para-hydroxylation sites is 1. The number of sulfonamides is 1. The Morgan fingerprint density at radius 1 is 1.03 bits per heavy atom. The number of aromatic nitrogens is 2. The number of hydrogen-bond acceptors (Lipinski definition) is 6. The van der Waals surface area contributed by atoms with Gasteiger partial charge in [0, 0.05) is 11.3 Å². The summed E-state index contributed by atoms with van der Waals surface area (Å²) >= 11 is 1.09. The van der Waals surface area contributed by atoms with Crippen LogP contribution in [-0.2, 0) is 21.4 Å². The van der Waals surface area contributed by atoms with Crippen molar-refractivity contribution in [2.45, 2.75) is 23.5 Å². The number of carbonyl (C=O) groups excluding carboxylic acids is 1. The molecule has 4 aromatic rings. The third-order valence-electron chi connectivity index (χ3n) is 5.64. The van der Waals surface area contributed by atoms with Crippen LogP contribution in [0.25, 0.3) is 11.3 Å². The fourth-order valence-electron chi connectivity index (χ4n) is 3.84. The van der Waals surface area contributed by atoms with Gasteiger partial charge < -0.3 is 5.32 Å². The molecule has 0 atom stereocenters. The van der Waals surface area contributed by atoms with Gasteiger partial charge in [0.05, 0.1) is 29.9 Å². The summed E-state index contributed by atoms with van der Waals surface area (Å²) in [4.78, 5) is 21.1. The number of fused-ring (bicyclic) bond motifs is 3. The van der Waals surface area contributed by atoms with E-state index in [1.165, 1.54) is 34.8 Å². The highest BCUT2D eigenvalue weighted by Crippen LogP contribution is 2.42. The zero-order chi connectivity index (χ0) is 25.3. The van der Waals surface area contributed by atoms with Crippen molar-refractivity contribution in [1.29, 1.82) is 0 Å². The van der Waals surface area contributed by atoms with Gasteiger partial charge in [-0.15, -0.1) is 0 Å². The monoisotopic (exact) mass is 520 g/mol. The number of benzene rings is 3. The highest BCUT2D eigenvalue weighted by molar-refractivity contribution is 7.99. The van der Waals surface area contributed by atoms with Crippen molar-refractivity contribution in [2.75, 3.05) is 15.4 Å². The zero-order valence-corrected chi connectivity index (χ0v) is 20.8. The van der Waals surface area contributed by atoms with Gasteiger partial charge in [-0.25, -0.2) is 22.8 Å². The highest BCUT2D eigenvalue weighted by atomic mass is 32.2. The molecule has 2 heterocycles. The van der Waals surface area contributed by atoms with Crippen molar-refractivity contribution < 1.29 is 17.6 Å². The van der Waals surface area contributed by atoms with Gasteiger partial charge in [-0.2, -0.15) is 0 Å². The standard InChI is InChI=1S/C26H21FN4O3S2/c1-17-6-8-18(9-7-17)15-31-22-5-3-2-4-21(22)25-23(36(31,33)34)14-28-26(30-25)35-16-24(32)29-20-12-10-19(27)11-13-20/h2-14H,15-16H2,1H3,(H,29,32). The summed E-state index contributed by atoms with van der Waals surface area (Å²) < 4.78 is 41.6. The Labute approximate surface area is 212 Å². The first-order valence-electron chi connectivity index (χ1n) is 11.0. The Kier molecular flexibility index (Phi) is 6.46. The average molecular weight is 521 g/mol. The van der Waals surface area contributed by atoms with Gasteiger partial charge >= 0.3 is 0 Å². The van der Waals surface area contributed by atoms with Crippen LogP contribution in [-0.4, -0.2) is 30.0 Å². The fraction of sp³-hybridized carbons (Fsp3) is 0.115. The molecule has 182 valence electrons. The molecule has 10 heteroatoms. The molecule has 0 spiro atoms. The molecule has 0 radical (unpaired) electrons. The molecule has 7 nitrogen and oxygen atoms in total. The molecule has 3 aromatic carbocycles. The van der Waals surface area contributed by atoms with Crippen molar-refractivity contribution in [3.8, 4) is 11.3 Å². The number of halogens is 1. The molecule has 1 amide bonds. The highest BCUT2D eigenvalue weighted by Gasteiger charge is 2.36. The van der Waals surface area contributed by atoms with Crippen molar-refractivity contribution in [1.82, 2.24) is 9.97 Å². The lowest BCUT2D eigenvalue weighted by atomic mass is 10.1. The molecule has 0 fully saturated rings. The lowest BCUT2D eigenvalue weighted by Gasteiger charge is -2.31. The van der Waals surface area contributed by atoms with Crippen LogP contribution in [0.15, 0.2) is 89.0 Å². The van der Waals surface area contributed by atoms with Crippen LogP contribution >= 0.6 is 11.8 Å². The van der Waals surface area contributed by atoms with Crippen LogP contribution in [0, 0.1) is 12.7 Å². The number of amides is 1. The minimum atomic E-state index is -3.91. The SMILES string of the molecule is Cc1ccc(CN2c3ccccc3-c3nc(SCC(=O)Nc4ccc(F)cc4)ncc3S2(=O)=O)cc1. The predicted molar refractivity (Wildman–Crippen MR) is 138 cm³/mol. The van der Waals surface area contributed by atoms with E-state index in [4.69, 9.17) is 0 Å². The van der Waals surface area contributed by atoms with E-state index in [2.05, 4.69) is 15.3 Å². The zero-order valence-electron chi connectivity index (χ0n) is 19.2. The van der Waals surface area contributed by atoms with E-state index in [0.717, 1.165) is 22.9 Å². The Morgan fingerprint density at radius 2 is 1.75 bits per heavy atom. The number of thioether (sulfide) groups is 1. The topological polar surface area (TPSA) is 92.3 Å². The van der Waals surface area contributed by atoms with Crippen molar-refractivity contribution in [3.63, 3.8) is 0 Å². The maximum absolute atomic E-state index is 13.6. The van der Waals surface area contributed by atoms with Crippen LogP contribution in [0.4, 0.5) is 15.8 Å². The van der Waals surface area contributed by atoms with Gasteiger partial charge in [-0.1, -0.05) is 59.8 Å². The van der Waals surface area contributed by atoms with Crippen LogP contribution < -0.4 is 9.62 Å². The molecular formula is C26H21FN4O3S2. The smallest absolute Gasteiger partial charge is 0.268 e. The van der Waals surface area contributed by atoms with Crippen LogP contribution in [0.5, 0.6) is 0 Å². The molecule has 1 aromatic heterocycles. The number of aryl methyl sites for hydroxylation is 1. The lowest BCUT2D eigenvalue weighted by Crippen LogP contribution is -2.34. The van der Waals surface area contributed by atoms with E-state index < -0.39 is 15.8 Å². The minimum Gasteiger partial charge on any atom is -0.325 e. The number of rotatable bonds is 6. The molecule has 1 aliphatic rings. The van der Waals surface area contributed by atoms with Gasteiger partial charge in [0.2, 0.25) is 5.91 Å². The van der Waals surface area contributed by atoms with Gasteiger partial charge in [0.15, 0.2) is 5.16 Å². The molecule has 36 heavy (non-hydrogen) atoms. The number of anilines is 2. The number of hydrogen-bond donors (Lipinski definition) is 1. The third kappa shape index (κ3) is 4.82. The second-order valence-corrected chi connectivity index (χ2v) is 11.0. The summed E-state index contributed by atoms with van der Waals surface area (Å²) in [5, 5.41) is 2.96. The van der Waals surface area contributed by atoms with E-state index >= 15 is 0 Å². The molecule has 1 aliphatic heterocycles. The maximum Gasteiger partial charge on any atom is 0.268 e. The number of nitrogens with zero attached hydrogens (tertiary/aromatic N) is 3.